The van der Waals surface area contributed by atoms with E-state index in [9.17, 15) is 9.59 Å². The third-order valence-electron chi connectivity index (χ3n) is 5.69. The summed E-state index contributed by atoms with van der Waals surface area (Å²) in [6.07, 6.45) is 4.76. The maximum Gasteiger partial charge on any atom is 0.232 e. The van der Waals surface area contributed by atoms with E-state index in [2.05, 4.69) is 15.2 Å². The van der Waals surface area contributed by atoms with Crippen LogP contribution in [0, 0.1) is 0 Å². The first kappa shape index (κ1) is 17.0. The second kappa shape index (κ2) is 6.78. The molecule has 2 aliphatic heterocycles. The van der Waals surface area contributed by atoms with Gasteiger partial charge in [0.1, 0.15) is 5.82 Å². The van der Waals surface area contributed by atoms with Crippen LogP contribution in [-0.4, -0.2) is 21.4 Å². The first-order chi connectivity index (χ1) is 13.7. The summed E-state index contributed by atoms with van der Waals surface area (Å²) in [6, 6.07) is 13.4. The fourth-order valence-electron chi connectivity index (χ4n) is 4.30. The molecule has 2 aromatic carbocycles. The summed E-state index contributed by atoms with van der Waals surface area (Å²) in [5.41, 5.74) is 4.32. The third kappa shape index (κ3) is 2.95. The van der Waals surface area contributed by atoms with E-state index in [0.717, 1.165) is 35.4 Å². The van der Waals surface area contributed by atoms with Gasteiger partial charge in [-0.05, 0) is 42.7 Å². The highest BCUT2D eigenvalue weighted by Gasteiger charge is 2.30. The Kier molecular flexibility index (Phi) is 4.11. The number of carbonyl (C=O) groups is 2. The quantitative estimate of drug-likeness (QED) is 0.716. The second-order valence-electron chi connectivity index (χ2n) is 7.58. The van der Waals surface area contributed by atoms with Crippen molar-refractivity contribution in [3.05, 3.63) is 53.9 Å². The van der Waals surface area contributed by atoms with E-state index in [1.807, 2.05) is 42.5 Å². The fraction of sp³-hybridized carbons (Fsp3) is 0.318. The van der Waals surface area contributed by atoms with Gasteiger partial charge in [0.2, 0.25) is 11.8 Å². The van der Waals surface area contributed by atoms with Crippen molar-refractivity contribution in [1.29, 1.82) is 0 Å². The number of imidazole rings is 1. The zero-order valence-electron chi connectivity index (χ0n) is 15.6. The Morgan fingerprint density at radius 3 is 2.96 bits per heavy atom. The Hall–Kier alpha value is -3.15. The van der Waals surface area contributed by atoms with Gasteiger partial charge in [0.05, 0.1) is 17.0 Å². The van der Waals surface area contributed by atoms with Crippen LogP contribution in [0.2, 0.25) is 0 Å². The standard InChI is InChI=1S/C22H22N4O2/c27-21-13-16(15-6-3-4-7-17(15)25-21)22(28)23-14-9-10-19-18(12-14)24-20-8-2-1-5-11-26(19)20/h3-4,6-7,9-10,12,16H,1-2,5,8,11,13H2,(H,23,28)(H,25,27). The maximum atomic E-state index is 12.9. The van der Waals surface area contributed by atoms with E-state index < -0.39 is 5.92 Å². The number of aryl methyl sites for hydroxylation is 2. The first-order valence-electron chi connectivity index (χ1n) is 9.88. The van der Waals surface area contributed by atoms with E-state index in [1.54, 1.807) is 0 Å². The number of rotatable bonds is 2. The molecule has 3 aromatic rings. The van der Waals surface area contributed by atoms with Crippen molar-refractivity contribution >= 4 is 34.2 Å². The molecule has 0 spiro atoms. The van der Waals surface area contributed by atoms with Crippen LogP contribution in [0.3, 0.4) is 0 Å². The lowest BCUT2D eigenvalue weighted by atomic mass is 9.90. The molecule has 0 bridgehead atoms. The number of fused-ring (bicyclic) bond motifs is 4. The number of benzene rings is 2. The Labute approximate surface area is 163 Å². The lowest BCUT2D eigenvalue weighted by Crippen LogP contribution is -2.30. The van der Waals surface area contributed by atoms with Crippen LogP contribution < -0.4 is 10.6 Å². The summed E-state index contributed by atoms with van der Waals surface area (Å²) >= 11 is 0. The molecule has 28 heavy (non-hydrogen) atoms. The second-order valence-corrected chi connectivity index (χ2v) is 7.58. The fourth-order valence-corrected chi connectivity index (χ4v) is 4.30. The molecule has 1 atom stereocenters. The van der Waals surface area contributed by atoms with Crippen molar-refractivity contribution in [2.75, 3.05) is 10.6 Å². The molecule has 5 rings (SSSR count). The van der Waals surface area contributed by atoms with Crippen LogP contribution in [0.5, 0.6) is 0 Å². The highest BCUT2D eigenvalue weighted by molar-refractivity contribution is 6.05. The molecule has 1 aromatic heterocycles. The van der Waals surface area contributed by atoms with E-state index in [-0.39, 0.29) is 18.2 Å². The van der Waals surface area contributed by atoms with Gasteiger partial charge < -0.3 is 15.2 Å². The molecule has 0 saturated carbocycles. The number of aromatic nitrogens is 2. The van der Waals surface area contributed by atoms with E-state index >= 15 is 0 Å². The summed E-state index contributed by atoms with van der Waals surface area (Å²) in [5.74, 6) is 0.350. The smallest absolute Gasteiger partial charge is 0.232 e. The van der Waals surface area contributed by atoms with Gasteiger partial charge in [-0.25, -0.2) is 4.98 Å². The molecule has 0 radical (unpaired) electrons. The Balaban J connectivity index is 1.42. The zero-order chi connectivity index (χ0) is 19.1. The molecule has 2 N–H and O–H groups in total. The van der Waals surface area contributed by atoms with Crippen molar-refractivity contribution in [3.63, 3.8) is 0 Å². The Morgan fingerprint density at radius 2 is 2.04 bits per heavy atom. The Morgan fingerprint density at radius 1 is 1.14 bits per heavy atom. The largest absolute Gasteiger partial charge is 0.328 e. The summed E-state index contributed by atoms with van der Waals surface area (Å²) < 4.78 is 2.30. The van der Waals surface area contributed by atoms with Gasteiger partial charge in [-0.3, -0.25) is 9.59 Å². The number of para-hydroxylation sites is 1. The molecule has 3 heterocycles. The van der Waals surface area contributed by atoms with Gasteiger partial charge in [0, 0.05) is 30.8 Å². The number of amides is 2. The minimum atomic E-state index is -0.487. The zero-order valence-corrected chi connectivity index (χ0v) is 15.6. The van der Waals surface area contributed by atoms with Gasteiger partial charge in [-0.2, -0.15) is 0 Å². The molecule has 0 aliphatic carbocycles. The van der Waals surface area contributed by atoms with E-state index in [4.69, 9.17) is 4.98 Å². The van der Waals surface area contributed by atoms with Gasteiger partial charge >= 0.3 is 0 Å². The van der Waals surface area contributed by atoms with Gasteiger partial charge in [-0.1, -0.05) is 24.6 Å². The first-order valence-corrected chi connectivity index (χ1v) is 9.88. The molecule has 0 fully saturated rings. The average Bonchev–Trinajstić information content (AvgIpc) is 2.87. The molecular weight excluding hydrogens is 352 g/mol. The van der Waals surface area contributed by atoms with Crippen LogP contribution in [-0.2, 0) is 22.6 Å². The van der Waals surface area contributed by atoms with Crippen molar-refractivity contribution < 1.29 is 9.59 Å². The van der Waals surface area contributed by atoms with Crippen molar-refractivity contribution in [1.82, 2.24) is 9.55 Å². The Bertz CT molecular complexity index is 1090. The summed E-state index contributed by atoms with van der Waals surface area (Å²) in [5, 5.41) is 5.82. The summed E-state index contributed by atoms with van der Waals surface area (Å²) in [7, 11) is 0. The predicted octanol–water partition coefficient (Wildman–Crippen LogP) is 3.83. The highest BCUT2D eigenvalue weighted by atomic mass is 16.2. The van der Waals surface area contributed by atoms with Crippen molar-refractivity contribution in [2.45, 2.75) is 44.6 Å². The van der Waals surface area contributed by atoms with Gasteiger partial charge in [0.15, 0.2) is 0 Å². The molecular formula is C22H22N4O2. The van der Waals surface area contributed by atoms with Crippen LogP contribution in [0.15, 0.2) is 42.5 Å². The number of carbonyl (C=O) groups excluding carboxylic acids is 2. The molecule has 0 saturated heterocycles. The van der Waals surface area contributed by atoms with Gasteiger partial charge in [-0.15, -0.1) is 0 Å². The topological polar surface area (TPSA) is 76.0 Å². The highest BCUT2D eigenvalue weighted by Crippen LogP contribution is 2.33. The predicted molar refractivity (Wildman–Crippen MR) is 108 cm³/mol. The SMILES string of the molecule is O=C1CC(C(=O)Nc2ccc3c(c2)nc2n3CCCCC2)c2ccccc2N1. The molecule has 6 heteroatoms. The summed E-state index contributed by atoms with van der Waals surface area (Å²) in [4.78, 5) is 29.7. The minimum Gasteiger partial charge on any atom is -0.328 e. The molecule has 2 aliphatic rings. The van der Waals surface area contributed by atoms with Crippen molar-refractivity contribution in [2.24, 2.45) is 0 Å². The van der Waals surface area contributed by atoms with Crippen LogP contribution in [0.25, 0.3) is 11.0 Å². The van der Waals surface area contributed by atoms with Crippen molar-refractivity contribution in [3.8, 4) is 0 Å². The van der Waals surface area contributed by atoms with Gasteiger partial charge in [0.25, 0.3) is 0 Å². The number of hydrogen-bond donors (Lipinski definition) is 2. The number of nitrogens with zero attached hydrogens (tertiary/aromatic N) is 2. The van der Waals surface area contributed by atoms with E-state index in [0.29, 0.717) is 11.4 Å². The lowest BCUT2D eigenvalue weighted by molar-refractivity contribution is -0.123. The van der Waals surface area contributed by atoms with Crippen LogP contribution in [0.1, 0.15) is 43.0 Å². The third-order valence-corrected chi connectivity index (χ3v) is 5.69. The molecule has 2 amide bonds. The number of hydrogen-bond acceptors (Lipinski definition) is 3. The number of anilines is 2. The average molecular weight is 374 g/mol. The monoisotopic (exact) mass is 374 g/mol. The normalized spacial score (nSPS) is 18.7. The van der Waals surface area contributed by atoms with E-state index in [1.165, 1.54) is 19.3 Å². The van der Waals surface area contributed by atoms with Crippen LogP contribution >= 0.6 is 0 Å². The molecule has 1 unspecified atom stereocenters. The summed E-state index contributed by atoms with van der Waals surface area (Å²) in [6.45, 7) is 1.01. The number of nitrogens with one attached hydrogen (secondary N) is 2. The molecule has 142 valence electrons. The van der Waals surface area contributed by atoms with Crippen LogP contribution in [0.4, 0.5) is 11.4 Å². The minimum absolute atomic E-state index is 0.132. The lowest BCUT2D eigenvalue weighted by Gasteiger charge is -2.24. The maximum absolute atomic E-state index is 12.9. The molecule has 6 nitrogen and oxygen atoms in total.